The van der Waals surface area contributed by atoms with Crippen LogP contribution >= 0.6 is 0 Å². The van der Waals surface area contributed by atoms with Crippen LogP contribution in [0.4, 0.5) is 0 Å². The molecule has 160 valence electrons. The van der Waals surface area contributed by atoms with E-state index in [0.717, 1.165) is 34.9 Å². The van der Waals surface area contributed by atoms with Crippen LogP contribution in [0, 0.1) is 5.92 Å². The van der Waals surface area contributed by atoms with E-state index in [1.807, 2.05) is 42.5 Å². The number of fused-ring (bicyclic) bond motifs is 3. The molecular weight excluding hydrogens is 412 g/mol. The van der Waals surface area contributed by atoms with Crippen LogP contribution in [0.25, 0.3) is 21.9 Å². The van der Waals surface area contributed by atoms with E-state index in [1.165, 1.54) is 21.7 Å². The minimum absolute atomic E-state index is 0.154. The molecule has 1 amide bonds. The molecule has 0 radical (unpaired) electrons. The lowest BCUT2D eigenvalue weighted by Crippen LogP contribution is -2.30. The molecule has 1 aromatic carbocycles. The monoisotopic (exact) mass is 436 g/mol. The molecular formula is C23H24N4O3S. The first kappa shape index (κ1) is 19.8. The lowest BCUT2D eigenvalue weighted by atomic mass is 10.2. The lowest BCUT2D eigenvalue weighted by Gasteiger charge is -2.18. The number of aromatic nitrogens is 3. The second-order valence-corrected chi connectivity index (χ2v) is 10.2. The SMILES string of the molecule is CN(Cc1ccccn1)C(=O)c1cc2c(c3ccccc3n2CC2CC2)n1S(C)(=O)=O. The Morgan fingerprint density at radius 2 is 1.87 bits per heavy atom. The fourth-order valence-corrected chi connectivity index (χ4v) is 5.24. The number of rotatable bonds is 6. The highest BCUT2D eigenvalue weighted by molar-refractivity contribution is 7.89. The van der Waals surface area contributed by atoms with Crippen LogP contribution in [-0.2, 0) is 23.1 Å². The van der Waals surface area contributed by atoms with Gasteiger partial charge in [0.25, 0.3) is 5.91 Å². The zero-order valence-corrected chi connectivity index (χ0v) is 18.3. The van der Waals surface area contributed by atoms with Crippen molar-refractivity contribution in [2.75, 3.05) is 13.3 Å². The van der Waals surface area contributed by atoms with Gasteiger partial charge in [0.15, 0.2) is 0 Å². The third kappa shape index (κ3) is 3.50. The molecule has 0 atom stereocenters. The highest BCUT2D eigenvalue weighted by Crippen LogP contribution is 2.37. The Labute approximate surface area is 181 Å². The van der Waals surface area contributed by atoms with Gasteiger partial charge >= 0.3 is 0 Å². The van der Waals surface area contributed by atoms with Gasteiger partial charge in [0, 0.05) is 25.2 Å². The van der Waals surface area contributed by atoms with Crippen LogP contribution < -0.4 is 0 Å². The van der Waals surface area contributed by atoms with Crippen LogP contribution in [0.3, 0.4) is 0 Å². The number of hydrogen-bond donors (Lipinski definition) is 0. The van der Waals surface area contributed by atoms with E-state index in [1.54, 1.807) is 19.3 Å². The topological polar surface area (TPSA) is 77.2 Å². The van der Waals surface area contributed by atoms with E-state index in [-0.39, 0.29) is 11.6 Å². The first-order valence-corrected chi connectivity index (χ1v) is 12.2. The summed E-state index contributed by atoms with van der Waals surface area (Å²) < 4.78 is 29.1. The standard InChI is InChI=1S/C23H24N4O3S/c1-25(15-17-7-5-6-12-24-17)23(28)21-13-20-22(27(21)31(2,29)30)18-8-3-4-9-19(18)26(20)14-16-10-11-16/h3-9,12-13,16H,10-11,14-15H2,1-2H3. The molecule has 8 heteroatoms. The van der Waals surface area contributed by atoms with Crippen LogP contribution in [0.5, 0.6) is 0 Å². The van der Waals surface area contributed by atoms with Crippen molar-refractivity contribution in [1.29, 1.82) is 0 Å². The van der Waals surface area contributed by atoms with E-state index in [4.69, 9.17) is 0 Å². The molecule has 1 aliphatic rings. The molecule has 3 aromatic heterocycles. The van der Waals surface area contributed by atoms with Crippen molar-refractivity contribution in [3.63, 3.8) is 0 Å². The van der Waals surface area contributed by atoms with Crippen LogP contribution in [-0.4, -0.2) is 46.1 Å². The quantitative estimate of drug-likeness (QED) is 0.464. The fraction of sp³-hybridized carbons (Fsp3) is 0.304. The maximum atomic E-state index is 13.4. The number of carbonyl (C=O) groups is 1. The Bertz CT molecular complexity index is 1400. The summed E-state index contributed by atoms with van der Waals surface area (Å²) in [5, 5.41) is 0.843. The Kier molecular flexibility index (Phi) is 4.62. The number of carbonyl (C=O) groups excluding carboxylic acids is 1. The van der Waals surface area contributed by atoms with Gasteiger partial charge in [0.05, 0.1) is 35.0 Å². The summed E-state index contributed by atoms with van der Waals surface area (Å²) in [6, 6.07) is 15.0. The lowest BCUT2D eigenvalue weighted by molar-refractivity contribution is 0.0777. The Hall–Kier alpha value is -3.13. The van der Waals surface area contributed by atoms with Crippen molar-refractivity contribution in [1.82, 2.24) is 18.4 Å². The number of pyridine rings is 1. The van der Waals surface area contributed by atoms with Crippen molar-refractivity contribution in [2.45, 2.75) is 25.9 Å². The zero-order valence-electron chi connectivity index (χ0n) is 17.5. The number of nitrogens with zero attached hydrogens (tertiary/aromatic N) is 4. The molecule has 1 saturated carbocycles. The highest BCUT2D eigenvalue weighted by atomic mass is 32.2. The maximum absolute atomic E-state index is 13.4. The Morgan fingerprint density at radius 3 is 2.55 bits per heavy atom. The molecule has 0 spiro atoms. The molecule has 0 N–H and O–H groups in total. The summed E-state index contributed by atoms with van der Waals surface area (Å²) in [7, 11) is -2.05. The number of amides is 1. The summed E-state index contributed by atoms with van der Waals surface area (Å²) in [4.78, 5) is 19.1. The van der Waals surface area contributed by atoms with Gasteiger partial charge in [-0.3, -0.25) is 9.78 Å². The van der Waals surface area contributed by atoms with Gasteiger partial charge < -0.3 is 9.47 Å². The molecule has 1 fully saturated rings. The summed E-state index contributed by atoms with van der Waals surface area (Å²) in [6.07, 6.45) is 5.18. The summed E-state index contributed by atoms with van der Waals surface area (Å²) in [5.41, 5.74) is 3.25. The van der Waals surface area contributed by atoms with E-state index in [0.29, 0.717) is 18.0 Å². The normalized spacial score (nSPS) is 14.4. The second kappa shape index (κ2) is 7.23. The Morgan fingerprint density at radius 1 is 1.13 bits per heavy atom. The van der Waals surface area contributed by atoms with Crippen molar-refractivity contribution >= 4 is 37.9 Å². The van der Waals surface area contributed by atoms with Crippen LogP contribution in [0.1, 0.15) is 29.0 Å². The van der Waals surface area contributed by atoms with E-state index in [2.05, 4.69) is 9.55 Å². The third-order valence-electron chi connectivity index (χ3n) is 5.84. The van der Waals surface area contributed by atoms with Gasteiger partial charge in [0.2, 0.25) is 10.0 Å². The summed E-state index contributed by atoms with van der Waals surface area (Å²) >= 11 is 0. The van der Waals surface area contributed by atoms with Gasteiger partial charge in [-0.15, -0.1) is 0 Å². The maximum Gasteiger partial charge on any atom is 0.271 e. The number of para-hydroxylation sites is 1. The molecule has 4 aromatic rings. The molecule has 3 heterocycles. The van der Waals surface area contributed by atoms with Gasteiger partial charge in [-0.05, 0) is 43.0 Å². The zero-order chi connectivity index (χ0) is 21.8. The van der Waals surface area contributed by atoms with E-state index in [9.17, 15) is 13.2 Å². The van der Waals surface area contributed by atoms with Crippen molar-refractivity contribution < 1.29 is 13.2 Å². The molecule has 0 aliphatic heterocycles. The first-order valence-electron chi connectivity index (χ1n) is 10.3. The number of hydrogen-bond acceptors (Lipinski definition) is 4. The van der Waals surface area contributed by atoms with Crippen LogP contribution in [0.2, 0.25) is 0 Å². The second-order valence-electron chi connectivity index (χ2n) is 8.34. The molecule has 0 bridgehead atoms. The third-order valence-corrected chi connectivity index (χ3v) is 6.88. The molecule has 31 heavy (non-hydrogen) atoms. The van der Waals surface area contributed by atoms with Crippen molar-refractivity contribution in [3.8, 4) is 0 Å². The first-order chi connectivity index (χ1) is 14.8. The van der Waals surface area contributed by atoms with Crippen molar-refractivity contribution in [2.24, 2.45) is 5.92 Å². The Balaban J connectivity index is 1.68. The fourth-order valence-electron chi connectivity index (χ4n) is 4.22. The molecule has 7 nitrogen and oxygen atoms in total. The van der Waals surface area contributed by atoms with E-state index < -0.39 is 10.0 Å². The van der Waals surface area contributed by atoms with Crippen LogP contribution in [0.15, 0.2) is 54.7 Å². The van der Waals surface area contributed by atoms with Gasteiger partial charge in [-0.25, -0.2) is 12.4 Å². The smallest absolute Gasteiger partial charge is 0.271 e. The average Bonchev–Trinajstić information content (AvgIpc) is 3.40. The predicted octanol–water partition coefficient (Wildman–Crippen LogP) is 3.48. The molecule has 1 aliphatic carbocycles. The summed E-state index contributed by atoms with van der Waals surface area (Å²) in [5.74, 6) is 0.251. The molecule has 5 rings (SSSR count). The van der Waals surface area contributed by atoms with Gasteiger partial charge in [-0.2, -0.15) is 0 Å². The summed E-state index contributed by atoms with van der Waals surface area (Å²) in [6.45, 7) is 1.12. The molecule has 0 saturated heterocycles. The minimum atomic E-state index is -3.72. The molecule has 0 unspecified atom stereocenters. The van der Waals surface area contributed by atoms with E-state index >= 15 is 0 Å². The average molecular weight is 437 g/mol. The predicted molar refractivity (Wildman–Crippen MR) is 120 cm³/mol. The highest BCUT2D eigenvalue weighted by Gasteiger charge is 2.30. The largest absolute Gasteiger partial charge is 0.339 e. The van der Waals surface area contributed by atoms with Gasteiger partial charge in [-0.1, -0.05) is 24.3 Å². The van der Waals surface area contributed by atoms with Gasteiger partial charge in [0.1, 0.15) is 5.69 Å². The van der Waals surface area contributed by atoms with Crippen molar-refractivity contribution in [3.05, 3.63) is 66.1 Å². The number of benzene rings is 1. The minimum Gasteiger partial charge on any atom is -0.339 e.